The molecule has 0 unspecified atom stereocenters. The SMILES string of the molecule is CCN(C(=O)N1C[C@H](O)C[C@@H]1C(=O)O)c1cccc(O)c1. The third-order valence-electron chi connectivity index (χ3n) is 3.50. The molecule has 1 aliphatic rings. The number of hydrogen-bond donors (Lipinski definition) is 3. The van der Waals surface area contributed by atoms with Crippen LogP contribution in [0.2, 0.25) is 0 Å². The highest BCUT2D eigenvalue weighted by Gasteiger charge is 2.40. The van der Waals surface area contributed by atoms with Gasteiger partial charge in [-0.3, -0.25) is 4.90 Å². The van der Waals surface area contributed by atoms with Crippen molar-refractivity contribution in [2.24, 2.45) is 0 Å². The topological polar surface area (TPSA) is 101 Å². The molecule has 2 atom stereocenters. The fourth-order valence-electron chi connectivity index (χ4n) is 2.50. The van der Waals surface area contributed by atoms with Gasteiger partial charge in [0.1, 0.15) is 11.8 Å². The molecule has 2 amide bonds. The van der Waals surface area contributed by atoms with Crippen molar-refractivity contribution < 1.29 is 24.9 Å². The molecule has 0 radical (unpaired) electrons. The zero-order valence-electron chi connectivity index (χ0n) is 11.6. The van der Waals surface area contributed by atoms with Crippen LogP contribution >= 0.6 is 0 Å². The van der Waals surface area contributed by atoms with Crippen molar-refractivity contribution in [3.63, 3.8) is 0 Å². The first-order valence-corrected chi connectivity index (χ1v) is 6.72. The van der Waals surface area contributed by atoms with E-state index < -0.39 is 24.1 Å². The van der Waals surface area contributed by atoms with Crippen molar-refractivity contribution in [3.05, 3.63) is 24.3 Å². The van der Waals surface area contributed by atoms with Crippen LogP contribution in [-0.2, 0) is 4.79 Å². The highest BCUT2D eigenvalue weighted by Crippen LogP contribution is 2.25. The minimum absolute atomic E-state index is 0.00881. The van der Waals surface area contributed by atoms with Crippen LogP contribution in [0.4, 0.5) is 10.5 Å². The Hall–Kier alpha value is -2.28. The van der Waals surface area contributed by atoms with Crippen molar-refractivity contribution in [2.45, 2.75) is 25.5 Å². The number of anilines is 1. The zero-order chi connectivity index (χ0) is 15.6. The average molecular weight is 294 g/mol. The number of urea groups is 1. The molecule has 21 heavy (non-hydrogen) atoms. The maximum absolute atomic E-state index is 12.5. The third kappa shape index (κ3) is 3.08. The fourth-order valence-corrected chi connectivity index (χ4v) is 2.50. The molecule has 1 aromatic rings. The first kappa shape index (κ1) is 15.1. The maximum Gasteiger partial charge on any atom is 0.326 e. The number of phenols is 1. The fraction of sp³-hybridized carbons (Fsp3) is 0.429. The summed E-state index contributed by atoms with van der Waals surface area (Å²) in [6.45, 7) is 2.07. The summed E-state index contributed by atoms with van der Waals surface area (Å²) >= 11 is 0. The summed E-state index contributed by atoms with van der Waals surface area (Å²) in [4.78, 5) is 26.3. The monoisotopic (exact) mass is 294 g/mol. The lowest BCUT2D eigenvalue weighted by Gasteiger charge is -2.29. The number of amides is 2. The summed E-state index contributed by atoms with van der Waals surface area (Å²) in [5, 5.41) is 28.3. The lowest BCUT2D eigenvalue weighted by molar-refractivity contribution is -0.141. The van der Waals surface area contributed by atoms with Crippen LogP contribution < -0.4 is 4.90 Å². The smallest absolute Gasteiger partial charge is 0.326 e. The number of carbonyl (C=O) groups excluding carboxylic acids is 1. The van der Waals surface area contributed by atoms with Crippen LogP contribution in [0.25, 0.3) is 0 Å². The van der Waals surface area contributed by atoms with E-state index >= 15 is 0 Å². The number of aliphatic hydroxyl groups is 1. The summed E-state index contributed by atoms with van der Waals surface area (Å²) in [6, 6.07) is 4.66. The number of rotatable bonds is 3. The number of carboxylic acid groups (broad SMARTS) is 1. The summed E-state index contributed by atoms with van der Waals surface area (Å²) in [6.07, 6.45) is -0.809. The number of likely N-dealkylation sites (tertiary alicyclic amines) is 1. The largest absolute Gasteiger partial charge is 0.508 e. The minimum atomic E-state index is -1.13. The number of hydrogen-bond acceptors (Lipinski definition) is 4. The molecule has 1 heterocycles. The van der Waals surface area contributed by atoms with E-state index in [4.69, 9.17) is 5.11 Å². The Morgan fingerprint density at radius 1 is 1.43 bits per heavy atom. The Balaban J connectivity index is 2.26. The minimum Gasteiger partial charge on any atom is -0.508 e. The lowest BCUT2D eigenvalue weighted by Crippen LogP contribution is -2.48. The third-order valence-corrected chi connectivity index (χ3v) is 3.50. The first-order valence-electron chi connectivity index (χ1n) is 6.72. The molecule has 1 fully saturated rings. The highest BCUT2D eigenvalue weighted by atomic mass is 16.4. The van der Waals surface area contributed by atoms with E-state index in [9.17, 15) is 19.8 Å². The Morgan fingerprint density at radius 3 is 2.71 bits per heavy atom. The summed E-state index contributed by atoms with van der Waals surface area (Å²) in [5.74, 6) is -1.11. The standard InChI is InChI=1S/C14H18N2O5/c1-2-15(9-4-3-5-10(17)6-9)14(21)16-8-11(18)7-12(16)13(19)20/h3-6,11-12,17-18H,2,7-8H2,1H3,(H,19,20)/t11-,12-/m1/s1. The second kappa shape index (κ2) is 6.01. The van der Waals surface area contributed by atoms with Gasteiger partial charge in [0.15, 0.2) is 0 Å². The second-order valence-corrected chi connectivity index (χ2v) is 4.94. The van der Waals surface area contributed by atoms with Gasteiger partial charge in [-0.25, -0.2) is 9.59 Å². The van der Waals surface area contributed by atoms with Crippen molar-refractivity contribution in [2.75, 3.05) is 18.0 Å². The summed E-state index contributed by atoms with van der Waals surface area (Å²) in [7, 11) is 0. The van der Waals surface area contributed by atoms with Crippen LogP contribution in [0, 0.1) is 0 Å². The van der Waals surface area contributed by atoms with Gasteiger partial charge in [-0.05, 0) is 19.1 Å². The van der Waals surface area contributed by atoms with Gasteiger partial charge in [-0.1, -0.05) is 6.07 Å². The molecule has 0 spiro atoms. The molecule has 1 aromatic carbocycles. The van der Waals surface area contributed by atoms with Crippen molar-refractivity contribution in [3.8, 4) is 5.75 Å². The predicted molar refractivity (Wildman–Crippen MR) is 75.3 cm³/mol. The molecule has 0 aromatic heterocycles. The number of carboxylic acids is 1. The summed E-state index contributed by atoms with van der Waals surface area (Å²) in [5.41, 5.74) is 0.480. The molecule has 0 bridgehead atoms. The first-order chi connectivity index (χ1) is 9.93. The molecule has 7 nitrogen and oxygen atoms in total. The molecular formula is C14H18N2O5. The average Bonchev–Trinajstić information content (AvgIpc) is 2.82. The molecule has 3 N–H and O–H groups in total. The number of nitrogens with zero attached hydrogens (tertiary/aromatic N) is 2. The predicted octanol–water partition coefficient (Wildman–Crippen LogP) is 0.858. The zero-order valence-corrected chi connectivity index (χ0v) is 11.6. The number of aliphatic carboxylic acids is 1. The van der Waals surface area contributed by atoms with Gasteiger partial charge in [0.25, 0.3) is 0 Å². The number of aliphatic hydroxyl groups excluding tert-OH is 1. The van der Waals surface area contributed by atoms with E-state index in [2.05, 4.69) is 0 Å². The van der Waals surface area contributed by atoms with Gasteiger partial charge in [0.05, 0.1) is 6.10 Å². The van der Waals surface area contributed by atoms with E-state index in [-0.39, 0.29) is 18.7 Å². The van der Waals surface area contributed by atoms with E-state index in [1.54, 1.807) is 19.1 Å². The molecule has 114 valence electrons. The van der Waals surface area contributed by atoms with Gasteiger partial charge in [-0.2, -0.15) is 0 Å². The van der Waals surface area contributed by atoms with Crippen molar-refractivity contribution in [1.29, 1.82) is 0 Å². The Morgan fingerprint density at radius 2 is 2.14 bits per heavy atom. The molecule has 1 saturated heterocycles. The molecule has 2 rings (SSSR count). The number of benzene rings is 1. The van der Waals surface area contributed by atoms with E-state index in [1.165, 1.54) is 17.0 Å². The van der Waals surface area contributed by atoms with Gasteiger partial charge in [0, 0.05) is 31.3 Å². The van der Waals surface area contributed by atoms with Crippen LogP contribution in [0.15, 0.2) is 24.3 Å². The van der Waals surface area contributed by atoms with Crippen molar-refractivity contribution in [1.82, 2.24) is 4.90 Å². The van der Waals surface area contributed by atoms with Crippen LogP contribution in [0.1, 0.15) is 13.3 Å². The van der Waals surface area contributed by atoms with E-state index in [1.807, 2.05) is 0 Å². The van der Waals surface area contributed by atoms with Crippen LogP contribution in [0.3, 0.4) is 0 Å². The molecule has 0 aliphatic carbocycles. The second-order valence-electron chi connectivity index (χ2n) is 4.94. The Labute approximate surface area is 122 Å². The normalized spacial score (nSPS) is 21.3. The Bertz CT molecular complexity index is 548. The molecule has 7 heteroatoms. The van der Waals surface area contributed by atoms with E-state index in [0.29, 0.717) is 12.2 Å². The number of β-amino-alcohol motifs (C(OH)–C–C–N with tert-alkyl or cyclic N) is 1. The molecule has 0 saturated carbocycles. The quantitative estimate of drug-likeness (QED) is 0.767. The number of carbonyl (C=O) groups is 2. The van der Waals surface area contributed by atoms with Gasteiger partial charge >= 0.3 is 12.0 Å². The van der Waals surface area contributed by atoms with Gasteiger partial charge in [0.2, 0.25) is 0 Å². The lowest BCUT2D eigenvalue weighted by atomic mass is 10.2. The number of aromatic hydroxyl groups is 1. The maximum atomic E-state index is 12.5. The van der Waals surface area contributed by atoms with Crippen LogP contribution in [0.5, 0.6) is 5.75 Å². The Kier molecular flexibility index (Phi) is 4.32. The van der Waals surface area contributed by atoms with E-state index in [0.717, 1.165) is 4.90 Å². The summed E-state index contributed by atoms with van der Waals surface area (Å²) < 4.78 is 0. The van der Waals surface area contributed by atoms with Crippen LogP contribution in [-0.4, -0.2) is 57.5 Å². The molecular weight excluding hydrogens is 276 g/mol. The molecule has 1 aliphatic heterocycles. The number of phenolic OH excluding ortho intramolecular Hbond substituents is 1. The highest BCUT2D eigenvalue weighted by molar-refractivity contribution is 5.95. The van der Waals surface area contributed by atoms with Gasteiger partial charge < -0.3 is 20.2 Å². The van der Waals surface area contributed by atoms with Crippen molar-refractivity contribution >= 4 is 17.7 Å². The van der Waals surface area contributed by atoms with Gasteiger partial charge in [-0.15, -0.1) is 0 Å².